The lowest BCUT2D eigenvalue weighted by atomic mass is 10.2. The number of pyridine rings is 1. The zero-order valence-corrected chi connectivity index (χ0v) is 12.0. The van der Waals surface area contributed by atoms with Crippen molar-refractivity contribution in [3.05, 3.63) is 58.5 Å². The lowest BCUT2D eigenvalue weighted by molar-refractivity contribution is 0.250. The van der Waals surface area contributed by atoms with E-state index in [1.54, 1.807) is 6.20 Å². The summed E-state index contributed by atoms with van der Waals surface area (Å²) >= 11 is 0. The van der Waals surface area contributed by atoms with E-state index in [4.69, 9.17) is 5.73 Å². The summed E-state index contributed by atoms with van der Waals surface area (Å²) in [6, 6.07) is 12.4. The van der Waals surface area contributed by atoms with E-state index in [-0.39, 0.29) is 5.56 Å². The number of benzene rings is 1. The van der Waals surface area contributed by atoms with Gasteiger partial charge in [0.1, 0.15) is 5.69 Å². The van der Waals surface area contributed by atoms with Gasteiger partial charge in [0.2, 0.25) is 0 Å². The number of piperazine rings is 1. The summed E-state index contributed by atoms with van der Waals surface area (Å²) in [6.45, 7) is 4.70. The Balaban J connectivity index is 1.63. The van der Waals surface area contributed by atoms with E-state index in [9.17, 15) is 4.79 Å². The fraction of sp³-hybridized carbons (Fsp3) is 0.312. The molecule has 1 aliphatic rings. The molecule has 0 radical (unpaired) electrons. The van der Waals surface area contributed by atoms with Crippen LogP contribution in [0.5, 0.6) is 0 Å². The molecule has 2 heterocycles. The standard InChI is InChI=1S/C16H20N4O/c17-15-14(6-7-18-16(15)21)20-10-8-19(9-11-20)12-13-4-2-1-3-5-13/h1-7H,8-12,17H2,(H,18,21). The number of nitrogens with two attached hydrogens (primary N) is 1. The van der Waals surface area contributed by atoms with Crippen LogP contribution in [-0.2, 0) is 6.54 Å². The van der Waals surface area contributed by atoms with E-state index >= 15 is 0 Å². The fourth-order valence-corrected chi connectivity index (χ4v) is 2.74. The highest BCUT2D eigenvalue weighted by molar-refractivity contribution is 5.66. The average Bonchev–Trinajstić information content (AvgIpc) is 2.52. The number of nitrogens with one attached hydrogen (secondary N) is 1. The predicted octanol–water partition coefficient (Wildman–Crippen LogP) is 1.28. The molecule has 3 rings (SSSR count). The van der Waals surface area contributed by atoms with Crippen molar-refractivity contribution in [1.82, 2.24) is 9.88 Å². The third-order valence-electron chi connectivity index (χ3n) is 3.94. The van der Waals surface area contributed by atoms with Crippen LogP contribution in [0.25, 0.3) is 0 Å². The molecule has 2 aromatic rings. The monoisotopic (exact) mass is 284 g/mol. The van der Waals surface area contributed by atoms with Crippen LogP contribution in [0.3, 0.4) is 0 Å². The van der Waals surface area contributed by atoms with E-state index in [1.165, 1.54) is 5.56 Å². The van der Waals surface area contributed by atoms with Gasteiger partial charge in [-0.2, -0.15) is 0 Å². The van der Waals surface area contributed by atoms with Crippen molar-refractivity contribution in [2.45, 2.75) is 6.54 Å². The average molecular weight is 284 g/mol. The molecule has 1 saturated heterocycles. The van der Waals surface area contributed by atoms with Gasteiger partial charge >= 0.3 is 0 Å². The lowest BCUT2D eigenvalue weighted by Gasteiger charge is -2.36. The molecule has 1 aromatic heterocycles. The Bertz CT molecular complexity index is 645. The minimum absolute atomic E-state index is 0.209. The topological polar surface area (TPSA) is 65.4 Å². The second-order valence-electron chi connectivity index (χ2n) is 5.35. The Morgan fingerprint density at radius 1 is 1.05 bits per heavy atom. The smallest absolute Gasteiger partial charge is 0.273 e. The quantitative estimate of drug-likeness (QED) is 0.891. The predicted molar refractivity (Wildman–Crippen MR) is 85.4 cm³/mol. The van der Waals surface area contributed by atoms with Crippen molar-refractivity contribution >= 4 is 11.4 Å². The van der Waals surface area contributed by atoms with E-state index in [0.29, 0.717) is 5.69 Å². The maximum Gasteiger partial charge on any atom is 0.273 e. The molecule has 0 spiro atoms. The molecule has 1 aromatic carbocycles. The maximum atomic E-state index is 11.6. The van der Waals surface area contributed by atoms with E-state index in [2.05, 4.69) is 39.0 Å². The molecule has 21 heavy (non-hydrogen) atoms. The first-order valence-corrected chi connectivity index (χ1v) is 7.22. The van der Waals surface area contributed by atoms with Crippen molar-refractivity contribution in [2.24, 2.45) is 0 Å². The molecule has 5 heteroatoms. The van der Waals surface area contributed by atoms with Gasteiger partial charge in [0.25, 0.3) is 5.56 Å². The van der Waals surface area contributed by atoms with Gasteiger partial charge in [0.05, 0.1) is 5.69 Å². The minimum atomic E-state index is -0.209. The minimum Gasteiger partial charge on any atom is -0.393 e. The van der Waals surface area contributed by atoms with Crippen molar-refractivity contribution < 1.29 is 0 Å². The first-order chi connectivity index (χ1) is 10.2. The van der Waals surface area contributed by atoms with E-state index in [1.807, 2.05) is 12.1 Å². The highest BCUT2D eigenvalue weighted by Crippen LogP contribution is 2.20. The number of hydrogen-bond acceptors (Lipinski definition) is 4. The van der Waals surface area contributed by atoms with Gasteiger partial charge < -0.3 is 15.6 Å². The molecular weight excluding hydrogens is 264 g/mol. The van der Waals surface area contributed by atoms with Crippen LogP contribution in [0, 0.1) is 0 Å². The molecule has 1 aliphatic heterocycles. The second-order valence-corrected chi connectivity index (χ2v) is 5.35. The Morgan fingerprint density at radius 3 is 2.48 bits per heavy atom. The Morgan fingerprint density at radius 2 is 1.76 bits per heavy atom. The number of anilines is 2. The van der Waals surface area contributed by atoms with Crippen LogP contribution in [0.4, 0.5) is 11.4 Å². The third-order valence-corrected chi connectivity index (χ3v) is 3.94. The molecule has 110 valence electrons. The summed E-state index contributed by atoms with van der Waals surface area (Å²) in [6.07, 6.45) is 1.66. The van der Waals surface area contributed by atoms with Crippen LogP contribution in [-0.4, -0.2) is 36.1 Å². The molecule has 3 N–H and O–H groups in total. The van der Waals surface area contributed by atoms with Crippen LogP contribution in [0.2, 0.25) is 0 Å². The molecule has 0 amide bonds. The number of hydrogen-bond donors (Lipinski definition) is 2. The summed E-state index contributed by atoms with van der Waals surface area (Å²) in [5.74, 6) is 0. The SMILES string of the molecule is Nc1c(N2CCN(Cc3ccccc3)CC2)cc[nH]c1=O. The zero-order valence-electron chi connectivity index (χ0n) is 12.0. The molecule has 0 unspecified atom stereocenters. The molecule has 1 fully saturated rings. The normalized spacial score (nSPS) is 16.1. The van der Waals surface area contributed by atoms with Crippen molar-refractivity contribution in [3.8, 4) is 0 Å². The van der Waals surface area contributed by atoms with Crippen molar-refractivity contribution in [2.75, 3.05) is 36.8 Å². The van der Waals surface area contributed by atoms with Crippen LogP contribution in [0.1, 0.15) is 5.56 Å². The van der Waals surface area contributed by atoms with Gasteiger partial charge in [0, 0.05) is 38.9 Å². The van der Waals surface area contributed by atoms with Gasteiger partial charge in [0.15, 0.2) is 0 Å². The molecule has 0 atom stereocenters. The van der Waals surface area contributed by atoms with Crippen LogP contribution >= 0.6 is 0 Å². The summed E-state index contributed by atoms with van der Waals surface area (Å²) < 4.78 is 0. The number of aromatic amines is 1. The summed E-state index contributed by atoms with van der Waals surface area (Å²) in [7, 11) is 0. The highest BCUT2D eigenvalue weighted by atomic mass is 16.1. The third kappa shape index (κ3) is 3.08. The summed E-state index contributed by atoms with van der Waals surface area (Å²) in [4.78, 5) is 18.8. The Hall–Kier alpha value is -2.27. The van der Waals surface area contributed by atoms with E-state index in [0.717, 1.165) is 38.4 Å². The first kappa shape index (κ1) is 13.7. The van der Waals surface area contributed by atoms with Crippen molar-refractivity contribution in [3.63, 3.8) is 0 Å². The van der Waals surface area contributed by atoms with Gasteiger partial charge in [-0.05, 0) is 11.6 Å². The maximum absolute atomic E-state index is 11.6. The van der Waals surface area contributed by atoms with Crippen LogP contribution < -0.4 is 16.2 Å². The molecular formula is C16H20N4O. The number of rotatable bonds is 3. The van der Waals surface area contributed by atoms with Gasteiger partial charge in [-0.1, -0.05) is 30.3 Å². The van der Waals surface area contributed by atoms with Crippen LogP contribution in [0.15, 0.2) is 47.4 Å². The number of nitrogen functional groups attached to an aromatic ring is 1. The molecule has 0 saturated carbocycles. The Labute approximate surface area is 124 Å². The largest absolute Gasteiger partial charge is 0.393 e. The Kier molecular flexibility index (Phi) is 3.92. The van der Waals surface area contributed by atoms with Crippen molar-refractivity contribution in [1.29, 1.82) is 0 Å². The summed E-state index contributed by atoms with van der Waals surface area (Å²) in [5.41, 5.74) is 8.16. The molecule has 0 bridgehead atoms. The number of nitrogens with zero attached hydrogens (tertiary/aromatic N) is 2. The van der Waals surface area contributed by atoms with Gasteiger partial charge in [-0.15, -0.1) is 0 Å². The van der Waals surface area contributed by atoms with Gasteiger partial charge in [-0.25, -0.2) is 0 Å². The molecule has 5 nitrogen and oxygen atoms in total. The first-order valence-electron chi connectivity index (χ1n) is 7.22. The number of H-pyrrole nitrogens is 1. The number of aromatic nitrogens is 1. The zero-order chi connectivity index (χ0) is 14.7. The lowest BCUT2D eigenvalue weighted by Crippen LogP contribution is -2.46. The van der Waals surface area contributed by atoms with E-state index < -0.39 is 0 Å². The highest BCUT2D eigenvalue weighted by Gasteiger charge is 2.19. The molecule has 0 aliphatic carbocycles. The summed E-state index contributed by atoms with van der Waals surface area (Å²) in [5, 5.41) is 0. The second kappa shape index (κ2) is 6.01. The van der Waals surface area contributed by atoms with Gasteiger partial charge in [-0.3, -0.25) is 9.69 Å². The fourth-order valence-electron chi connectivity index (χ4n) is 2.74.